The number of aryl methyl sites for hydroxylation is 1. The van der Waals surface area contributed by atoms with Gasteiger partial charge in [-0.3, -0.25) is 10.1 Å². The largest absolute Gasteiger partial charge is 0.494 e. The maximum Gasteiger partial charge on any atom is 0.257 e. The van der Waals surface area contributed by atoms with Crippen LogP contribution in [-0.4, -0.2) is 32.3 Å². The summed E-state index contributed by atoms with van der Waals surface area (Å²) in [6, 6.07) is 11.7. The van der Waals surface area contributed by atoms with E-state index in [0.717, 1.165) is 0 Å². The molecule has 0 aliphatic rings. The average Bonchev–Trinajstić information content (AvgIpc) is 3.25. The Labute approximate surface area is 163 Å². The van der Waals surface area contributed by atoms with Gasteiger partial charge >= 0.3 is 0 Å². The van der Waals surface area contributed by atoms with Gasteiger partial charge in [-0.15, -0.1) is 15.3 Å². The number of nitrogens with one attached hydrogen (secondary N) is 1. The molecule has 0 fully saturated rings. The number of ether oxygens (including phenoxy) is 1. The van der Waals surface area contributed by atoms with Crippen LogP contribution in [0.5, 0.6) is 5.75 Å². The molecule has 0 bridgehead atoms. The minimum absolute atomic E-state index is 0.295. The average molecular weight is 397 g/mol. The predicted octanol–water partition coefficient (Wildman–Crippen LogP) is 3.95. The molecular weight excluding hydrogens is 381 g/mol. The Kier molecular flexibility index (Phi) is 4.74. The van der Waals surface area contributed by atoms with Crippen molar-refractivity contribution in [3.63, 3.8) is 0 Å². The van der Waals surface area contributed by atoms with E-state index in [2.05, 4.69) is 20.6 Å². The fourth-order valence-electron chi connectivity index (χ4n) is 2.62. The molecule has 28 heavy (non-hydrogen) atoms. The highest BCUT2D eigenvalue weighted by molar-refractivity contribution is 7.20. The molecule has 1 amide bonds. The third-order valence-electron chi connectivity index (χ3n) is 4.07. The monoisotopic (exact) mass is 397 g/mol. The van der Waals surface area contributed by atoms with Crippen LogP contribution in [0.25, 0.3) is 16.3 Å². The third kappa shape index (κ3) is 3.44. The number of benzene rings is 2. The molecule has 0 saturated heterocycles. The van der Waals surface area contributed by atoms with Gasteiger partial charge in [0.2, 0.25) is 10.1 Å². The molecule has 1 N–H and O–H groups in total. The van der Waals surface area contributed by atoms with Crippen LogP contribution in [0.2, 0.25) is 0 Å². The van der Waals surface area contributed by atoms with Crippen LogP contribution >= 0.6 is 11.3 Å². The zero-order valence-electron chi connectivity index (χ0n) is 15.1. The molecule has 0 saturated carbocycles. The Morgan fingerprint density at radius 2 is 2.00 bits per heavy atom. The van der Waals surface area contributed by atoms with Crippen molar-refractivity contribution in [2.45, 2.75) is 13.8 Å². The molecule has 2 heterocycles. The lowest BCUT2D eigenvalue weighted by molar-refractivity contribution is 0.102. The zero-order valence-corrected chi connectivity index (χ0v) is 16.0. The molecule has 4 rings (SSSR count). The summed E-state index contributed by atoms with van der Waals surface area (Å²) in [6.07, 6.45) is 0. The van der Waals surface area contributed by atoms with Crippen molar-refractivity contribution in [3.8, 4) is 17.1 Å². The van der Waals surface area contributed by atoms with E-state index >= 15 is 0 Å². The van der Waals surface area contributed by atoms with Gasteiger partial charge in [0.05, 0.1) is 6.61 Å². The first-order valence-corrected chi connectivity index (χ1v) is 9.40. The van der Waals surface area contributed by atoms with Crippen molar-refractivity contribution in [1.82, 2.24) is 19.8 Å². The molecule has 0 aliphatic heterocycles. The Bertz CT molecular complexity index is 1150. The van der Waals surface area contributed by atoms with Crippen LogP contribution in [0.1, 0.15) is 22.8 Å². The van der Waals surface area contributed by atoms with Crippen LogP contribution in [0.4, 0.5) is 9.52 Å². The van der Waals surface area contributed by atoms with Gasteiger partial charge in [-0.1, -0.05) is 23.5 Å². The topological polar surface area (TPSA) is 81.4 Å². The molecule has 2 aromatic carbocycles. The molecule has 7 nitrogen and oxygen atoms in total. The van der Waals surface area contributed by atoms with Crippen molar-refractivity contribution in [1.29, 1.82) is 0 Å². The van der Waals surface area contributed by atoms with Gasteiger partial charge in [0.25, 0.3) is 5.91 Å². The first kappa shape index (κ1) is 18.1. The van der Waals surface area contributed by atoms with Gasteiger partial charge in [0.1, 0.15) is 11.6 Å². The van der Waals surface area contributed by atoms with E-state index in [4.69, 9.17) is 4.74 Å². The molecule has 0 aliphatic carbocycles. The van der Waals surface area contributed by atoms with Crippen molar-refractivity contribution < 1.29 is 13.9 Å². The highest BCUT2D eigenvalue weighted by Crippen LogP contribution is 2.25. The van der Waals surface area contributed by atoms with E-state index in [1.165, 1.54) is 21.9 Å². The Hall–Kier alpha value is -3.33. The normalized spacial score (nSPS) is 11.0. The lowest BCUT2D eigenvalue weighted by Crippen LogP contribution is -2.12. The SMILES string of the molecule is CCOc1ccc(C(=O)Nc2nn3c(-c4ccc(C)c(F)c4)nnc3s2)cc1. The summed E-state index contributed by atoms with van der Waals surface area (Å²) in [7, 11) is 0. The molecule has 0 unspecified atom stereocenters. The Balaban J connectivity index is 1.57. The summed E-state index contributed by atoms with van der Waals surface area (Å²) in [6.45, 7) is 4.15. The lowest BCUT2D eigenvalue weighted by Gasteiger charge is -2.04. The summed E-state index contributed by atoms with van der Waals surface area (Å²) in [5, 5.41) is 15.6. The van der Waals surface area contributed by atoms with Crippen LogP contribution in [-0.2, 0) is 0 Å². The number of rotatable bonds is 5. The zero-order chi connectivity index (χ0) is 19.7. The summed E-state index contributed by atoms with van der Waals surface area (Å²) in [5.74, 6) is 0.490. The fourth-order valence-corrected chi connectivity index (χ4v) is 3.35. The Morgan fingerprint density at radius 1 is 1.21 bits per heavy atom. The van der Waals surface area contributed by atoms with Gasteiger partial charge in [0.15, 0.2) is 5.82 Å². The molecule has 0 spiro atoms. The minimum Gasteiger partial charge on any atom is -0.494 e. The quantitative estimate of drug-likeness (QED) is 0.551. The van der Waals surface area contributed by atoms with Crippen LogP contribution in [0.3, 0.4) is 0 Å². The maximum absolute atomic E-state index is 13.9. The van der Waals surface area contributed by atoms with E-state index in [0.29, 0.717) is 45.0 Å². The first-order chi connectivity index (χ1) is 13.5. The van der Waals surface area contributed by atoms with E-state index in [1.54, 1.807) is 43.3 Å². The van der Waals surface area contributed by atoms with Crippen LogP contribution in [0, 0.1) is 12.7 Å². The third-order valence-corrected chi connectivity index (χ3v) is 4.88. The van der Waals surface area contributed by atoms with Gasteiger partial charge in [-0.05, 0) is 49.7 Å². The Morgan fingerprint density at radius 3 is 2.71 bits per heavy atom. The van der Waals surface area contributed by atoms with Crippen LogP contribution in [0.15, 0.2) is 42.5 Å². The predicted molar refractivity (Wildman–Crippen MR) is 104 cm³/mol. The number of carbonyl (C=O) groups excluding carboxylic acids is 1. The number of halogens is 1. The molecule has 4 aromatic rings. The number of anilines is 1. The van der Waals surface area contributed by atoms with Crippen molar-refractivity contribution in [2.75, 3.05) is 11.9 Å². The fraction of sp³-hybridized carbons (Fsp3) is 0.158. The van der Waals surface area contributed by atoms with E-state index < -0.39 is 0 Å². The maximum atomic E-state index is 13.9. The lowest BCUT2D eigenvalue weighted by atomic mass is 10.1. The second kappa shape index (κ2) is 7.35. The second-order valence-electron chi connectivity index (χ2n) is 6.00. The van der Waals surface area contributed by atoms with Crippen molar-refractivity contribution in [2.24, 2.45) is 0 Å². The van der Waals surface area contributed by atoms with Gasteiger partial charge in [-0.2, -0.15) is 4.52 Å². The summed E-state index contributed by atoms with van der Waals surface area (Å²) in [5.41, 5.74) is 1.59. The number of amides is 1. The molecule has 2 aromatic heterocycles. The highest BCUT2D eigenvalue weighted by atomic mass is 32.1. The van der Waals surface area contributed by atoms with Crippen LogP contribution < -0.4 is 10.1 Å². The van der Waals surface area contributed by atoms with Crippen molar-refractivity contribution >= 4 is 27.3 Å². The number of aromatic nitrogens is 4. The molecule has 9 heteroatoms. The second-order valence-corrected chi connectivity index (χ2v) is 6.96. The van der Waals surface area contributed by atoms with Gasteiger partial charge in [-0.25, -0.2) is 4.39 Å². The molecular formula is C19H16FN5O2S. The van der Waals surface area contributed by atoms with Crippen molar-refractivity contribution in [3.05, 3.63) is 59.4 Å². The number of hydrogen-bond donors (Lipinski definition) is 1. The van der Waals surface area contributed by atoms with E-state index in [1.807, 2.05) is 6.92 Å². The molecule has 142 valence electrons. The van der Waals surface area contributed by atoms with E-state index in [9.17, 15) is 9.18 Å². The highest BCUT2D eigenvalue weighted by Gasteiger charge is 2.16. The summed E-state index contributed by atoms with van der Waals surface area (Å²) in [4.78, 5) is 12.9. The standard InChI is InChI=1S/C19H16FN5O2S/c1-3-27-14-8-6-12(7-9-14)17(26)21-18-24-25-16(22-23-19(25)28-18)13-5-4-11(2)15(20)10-13/h4-10H,3H2,1-2H3,(H,21,24,26). The van der Waals surface area contributed by atoms with E-state index in [-0.39, 0.29) is 11.7 Å². The number of nitrogens with zero attached hydrogens (tertiary/aromatic N) is 4. The summed E-state index contributed by atoms with van der Waals surface area (Å²) >= 11 is 1.18. The first-order valence-electron chi connectivity index (χ1n) is 8.58. The molecule has 0 radical (unpaired) electrons. The van der Waals surface area contributed by atoms with Gasteiger partial charge in [0, 0.05) is 11.1 Å². The molecule has 0 atom stereocenters. The summed E-state index contributed by atoms with van der Waals surface area (Å²) < 4.78 is 20.7. The smallest absolute Gasteiger partial charge is 0.257 e. The number of fused-ring (bicyclic) bond motifs is 1. The number of carbonyl (C=O) groups is 1. The van der Waals surface area contributed by atoms with Gasteiger partial charge < -0.3 is 4.74 Å². The number of hydrogen-bond acceptors (Lipinski definition) is 6. The minimum atomic E-state index is -0.325.